The number of rotatable bonds is 4. The third-order valence-electron chi connectivity index (χ3n) is 4.62. The van der Waals surface area contributed by atoms with E-state index in [-0.39, 0.29) is 17.0 Å². The Balaban J connectivity index is 1.83. The van der Waals surface area contributed by atoms with Crippen LogP contribution in [0.3, 0.4) is 0 Å². The standard InChI is InChI=1S/C17H25N3OS/c18-16(19)20-11-15-12-22-17(21-15,13-7-3-1-4-8-13)14-9-5-2-6-10-14/h1,3-4,7-8,14-15H,2,5-6,9-12H2,(H4,18,19,20)/t15-,17+/m1/s1. The Hall–Kier alpha value is -1.20. The van der Waals surface area contributed by atoms with Crippen LogP contribution in [-0.2, 0) is 9.67 Å². The molecule has 0 amide bonds. The smallest absolute Gasteiger partial charge is 0.185 e. The van der Waals surface area contributed by atoms with Gasteiger partial charge in [-0.05, 0) is 18.4 Å². The lowest BCUT2D eigenvalue weighted by molar-refractivity contribution is -0.0518. The summed E-state index contributed by atoms with van der Waals surface area (Å²) < 4.78 is 6.57. The topological polar surface area (TPSA) is 73.6 Å². The van der Waals surface area contributed by atoms with Crippen molar-refractivity contribution >= 4 is 17.7 Å². The molecule has 1 saturated carbocycles. The number of hydrogen-bond acceptors (Lipinski definition) is 3. The van der Waals surface area contributed by atoms with Crippen LogP contribution in [0.5, 0.6) is 0 Å². The highest BCUT2D eigenvalue weighted by molar-refractivity contribution is 8.00. The van der Waals surface area contributed by atoms with Gasteiger partial charge in [-0.15, -0.1) is 11.8 Å². The maximum Gasteiger partial charge on any atom is 0.185 e. The van der Waals surface area contributed by atoms with E-state index < -0.39 is 0 Å². The second-order valence-electron chi connectivity index (χ2n) is 6.18. The summed E-state index contributed by atoms with van der Waals surface area (Å²) in [6, 6.07) is 10.7. The zero-order chi connectivity index (χ0) is 15.4. The lowest BCUT2D eigenvalue weighted by atomic mass is 9.82. The first-order valence-electron chi connectivity index (χ1n) is 8.13. The number of nitrogens with zero attached hydrogens (tertiary/aromatic N) is 1. The maximum atomic E-state index is 6.57. The molecule has 0 radical (unpaired) electrons. The molecule has 1 aromatic rings. The molecule has 120 valence electrons. The van der Waals surface area contributed by atoms with Crippen LogP contribution in [0.15, 0.2) is 35.3 Å². The fraction of sp³-hybridized carbons (Fsp3) is 0.588. The summed E-state index contributed by atoms with van der Waals surface area (Å²) in [6.07, 6.45) is 6.55. The van der Waals surface area contributed by atoms with Crippen LogP contribution in [0.1, 0.15) is 37.7 Å². The first-order chi connectivity index (χ1) is 10.7. The molecule has 2 fully saturated rings. The summed E-state index contributed by atoms with van der Waals surface area (Å²) in [5.74, 6) is 1.67. The highest BCUT2D eigenvalue weighted by Crippen LogP contribution is 2.54. The van der Waals surface area contributed by atoms with Crippen LogP contribution >= 0.6 is 11.8 Å². The number of thioether (sulfide) groups is 1. The van der Waals surface area contributed by atoms with E-state index in [9.17, 15) is 0 Å². The molecule has 2 aliphatic rings. The average molecular weight is 319 g/mol. The number of nitrogens with two attached hydrogens (primary N) is 2. The van der Waals surface area contributed by atoms with Crippen molar-refractivity contribution in [1.29, 1.82) is 0 Å². The van der Waals surface area contributed by atoms with Crippen molar-refractivity contribution in [1.82, 2.24) is 0 Å². The van der Waals surface area contributed by atoms with Crippen molar-refractivity contribution in [3.05, 3.63) is 35.9 Å². The minimum Gasteiger partial charge on any atom is -0.370 e. The molecule has 2 atom stereocenters. The molecule has 3 rings (SSSR count). The molecule has 0 unspecified atom stereocenters. The molecule has 0 bridgehead atoms. The SMILES string of the molecule is NC(N)=NC[C@@H]1CS[C@@](c2ccccc2)(C2CCCCC2)O1. The fourth-order valence-corrected chi connectivity index (χ4v) is 5.17. The monoisotopic (exact) mass is 319 g/mol. The van der Waals surface area contributed by atoms with Gasteiger partial charge in [0.15, 0.2) is 5.96 Å². The Morgan fingerprint density at radius 2 is 1.91 bits per heavy atom. The van der Waals surface area contributed by atoms with Gasteiger partial charge in [-0.25, -0.2) is 0 Å². The van der Waals surface area contributed by atoms with Crippen LogP contribution in [0.2, 0.25) is 0 Å². The van der Waals surface area contributed by atoms with Crippen molar-refractivity contribution in [3.63, 3.8) is 0 Å². The fourth-order valence-electron chi connectivity index (χ4n) is 3.58. The minimum atomic E-state index is -0.217. The lowest BCUT2D eigenvalue weighted by Crippen LogP contribution is -2.35. The molecule has 1 aromatic carbocycles. The van der Waals surface area contributed by atoms with E-state index in [1.54, 1.807) is 0 Å². The quantitative estimate of drug-likeness (QED) is 0.661. The second kappa shape index (κ2) is 6.92. The average Bonchev–Trinajstić information content (AvgIpc) is 3.00. The Kier molecular flexibility index (Phi) is 4.93. The van der Waals surface area contributed by atoms with Gasteiger partial charge in [0.2, 0.25) is 0 Å². The summed E-state index contributed by atoms with van der Waals surface area (Å²) in [7, 11) is 0. The van der Waals surface area contributed by atoms with E-state index in [0.717, 1.165) is 5.75 Å². The van der Waals surface area contributed by atoms with Crippen molar-refractivity contribution < 1.29 is 4.74 Å². The van der Waals surface area contributed by atoms with Gasteiger partial charge < -0.3 is 16.2 Å². The third-order valence-corrected chi connectivity index (χ3v) is 6.25. The molecule has 22 heavy (non-hydrogen) atoms. The number of aliphatic imine (C=N–C) groups is 1. The number of guanidine groups is 1. The lowest BCUT2D eigenvalue weighted by Gasteiger charge is -2.39. The van der Waals surface area contributed by atoms with Gasteiger partial charge in [-0.1, -0.05) is 49.6 Å². The third kappa shape index (κ3) is 3.25. The van der Waals surface area contributed by atoms with E-state index in [0.29, 0.717) is 12.5 Å². The summed E-state index contributed by atoms with van der Waals surface area (Å²) >= 11 is 1.94. The molecule has 1 aliphatic heterocycles. The molecule has 4 N–H and O–H groups in total. The summed E-state index contributed by atoms with van der Waals surface area (Å²) in [4.78, 5) is 3.93. The summed E-state index contributed by atoms with van der Waals surface area (Å²) in [6.45, 7) is 0.552. The molecular weight excluding hydrogens is 294 g/mol. The number of benzene rings is 1. The van der Waals surface area contributed by atoms with E-state index in [4.69, 9.17) is 16.2 Å². The molecule has 4 nitrogen and oxygen atoms in total. The Bertz CT molecular complexity index is 512. The van der Waals surface area contributed by atoms with Gasteiger partial charge in [0.25, 0.3) is 0 Å². The highest BCUT2D eigenvalue weighted by atomic mass is 32.2. The first-order valence-corrected chi connectivity index (χ1v) is 9.12. The van der Waals surface area contributed by atoms with Crippen molar-refractivity contribution in [2.45, 2.75) is 43.1 Å². The van der Waals surface area contributed by atoms with E-state index >= 15 is 0 Å². The van der Waals surface area contributed by atoms with Gasteiger partial charge in [-0.2, -0.15) is 0 Å². The molecule has 0 spiro atoms. The van der Waals surface area contributed by atoms with Crippen LogP contribution in [-0.4, -0.2) is 24.4 Å². The molecule has 0 aromatic heterocycles. The van der Waals surface area contributed by atoms with Crippen molar-refractivity contribution in [3.8, 4) is 0 Å². The highest BCUT2D eigenvalue weighted by Gasteiger charge is 2.48. The van der Waals surface area contributed by atoms with Crippen molar-refractivity contribution in [2.75, 3.05) is 12.3 Å². The molecule has 1 aliphatic carbocycles. The predicted octanol–water partition coefficient (Wildman–Crippen LogP) is 2.83. The first kappa shape index (κ1) is 15.7. The van der Waals surface area contributed by atoms with Crippen molar-refractivity contribution in [2.24, 2.45) is 22.4 Å². The maximum absolute atomic E-state index is 6.57. The van der Waals surface area contributed by atoms with Gasteiger partial charge in [-0.3, -0.25) is 4.99 Å². The van der Waals surface area contributed by atoms with Gasteiger partial charge >= 0.3 is 0 Å². The Labute approximate surface area is 136 Å². The van der Waals surface area contributed by atoms with Crippen LogP contribution in [0.4, 0.5) is 0 Å². The van der Waals surface area contributed by atoms with Crippen LogP contribution in [0.25, 0.3) is 0 Å². The molecule has 5 heteroatoms. The number of hydrogen-bond donors (Lipinski definition) is 2. The normalized spacial score (nSPS) is 29.4. The molecular formula is C17H25N3OS. The molecule has 1 saturated heterocycles. The summed E-state index contributed by atoms with van der Waals surface area (Å²) in [5.41, 5.74) is 12.2. The zero-order valence-corrected chi connectivity index (χ0v) is 13.7. The number of ether oxygens (including phenoxy) is 1. The Morgan fingerprint density at radius 1 is 1.18 bits per heavy atom. The largest absolute Gasteiger partial charge is 0.370 e. The van der Waals surface area contributed by atoms with E-state index in [1.165, 1.54) is 37.7 Å². The summed E-state index contributed by atoms with van der Waals surface area (Å²) in [5, 5.41) is 0. The molecule has 1 heterocycles. The predicted molar refractivity (Wildman–Crippen MR) is 92.7 cm³/mol. The zero-order valence-electron chi connectivity index (χ0n) is 12.9. The van der Waals surface area contributed by atoms with E-state index in [2.05, 4.69) is 35.3 Å². The van der Waals surface area contributed by atoms with Gasteiger partial charge in [0.1, 0.15) is 4.93 Å². The minimum absolute atomic E-state index is 0.0919. The van der Waals surface area contributed by atoms with Crippen LogP contribution < -0.4 is 11.5 Å². The second-order valence-corrected chi connectivity index (χ2v) is 7.41. The van der Waals surface area contributed by atoms with E-state index in [1.807, 2.05) is 11.8 Å². The van der Waals surface area contributed by atoms with Gasteiger partial charge in [0, 0.05) is 11.7 Å². The van der Waals surface area contributed by atoms with Gasteiger partial charge in [0.05, 0.1) is 12.6 Å². The Morgan fingerprint density at radius 3 is 2.59 bits per heavy atom. The van der Waals surface area contributed by atoms with Crippen LogP contribution in [0, 0.1) is 5.92 Å².